The Morgan fingerprint density at radius 1 is 1.14 bits per heavy atom. The number of hydrogen-bond donors (Lipinski definition) is 2. The van der Waals surface area contributed by atoms with E-state index in [9.17, 15) is 4.79 Å². The van der Waals surface area contributed by atoms with Crippen molar-refractivity contribution in [1.82, 2.24) is 20.2 Å². The Labute approximate surface area is 211 Å². The number of amides is 1. The lowest BCUT2D eigenvalue weighted by molar-refractivity contribution is -0.142. The van der Waals surface area contributed by atoms with Crippen LogP contribution >= 0.6 is 0 Å². The number of nitrogens with zero attached hydrogens (tertiary/aromatic N) is 2. The number of carbonyl (C=O) groups is 1. The molecule has 0 radical (unpaired) electrons. The summed E-state index contributed by atoms with van der Waals surface area (Å²) in [5, 5.41) is 4.82. The average molecular weight is 487 g/mol. The first-order valence-corrected chi connectivity index (χ1v) is 13.5. The molecule has 2 aromatic heterocycles. The highest BCUT2D eigenvalue weighted by atomic mass is 16.5. The van der Waals surface area contributed by atoms with Crippen LogP contribution in [0.4, 0.5) is 0 Å². The van der Waals surface area contributed by atoms with Crippen molar-refractivity contribution in [2.75, 3.05) is 26.3 Å². The zero-order valence-corrected chi connectivity index (χ0v) is 20.9. The molecule has 0 aliphatic carbocycles. The maximum absolute atomic E-state index is 13.6. The number of fused-ring (bicyclic) bond motifs is 4. The van der Waals surface area contributed by atoms with E-state index in [1.807, 2.05) is 12.4 Å². The van der Waals surface area contributed by atoms with Crippen LogP contribution in [0.5, 0.6) is 0 Å². The minimum atomic E-state index is 0.110. The van der Waals surface area contributed by atoms with Crippen LogP contribution in [-0.4, -0.2) is 59.3 Å². The number of aromatic amines is 1. The SMILES string of the molecule is Cc1c[nH]c2ncc(-c3cc4c(c([C@@H]5COCCN5)c3)CN(C(=O)C3CC5CCC(C3)O5)CC4)cc12. The van der Waals surface area contributed by atoms with E-state index in [1.165, 1.54) is 27.8 Å². The third-order valence-corrected chi connectivity index (χ3v) is 8.70. The molecule has 3 saturated heterocycles. The lowest BCUT2D eigenvalue weighted by atomic mass is 9.86. The van der Waals surface area contributed by atoms with E-state index >= 15 is 0 Å². The van der Waals surface area contributed by atoms with E-state index in [0.29, 0.717) is 19.1 Å². The van der Waals surface area contributed by atoms with Crippen molar-refractivity contribution in [3.63, 3.8) is 0 Å². The van der Waals surface area contributed by atoms with Gasteiger partial charge in [-0.05, 0) is 79.0 Å². The summed E-state index contributed by atoms with van der Waals surface area (Å²) < 4.78 is 11.9. The fraction of sp³-hybridized carbons (Fsp3) is 0.517. The minimum absolute atomic E-state index is 0.110. The fourth-order valence-corrected chi connectivity index (χ4v) is 6.74. The maximum atomic E-state index is 13.6. The van der Waals surface area contributed by atoms with Gasteiger partial charge >= 0.3 is 0 Å². The summed E-state index contributed by atoms with van der Waals surface area (Å²) in [5.74, 6) is 0.431. The van der Waals surface area contributed by atoms with Crippen molar-refractivity contribution >= 4 is 16.9 Å². The van der Waals surface area contributed by atoms with Gasteiger partial charge in [0.15, 0.2) is 0 Å². The molecule has 4 aliphatic rings. The Kier molecular flexibility index (Phi) is 5.60. The van der Waals surface area contributed by atoms with Crippen molar-refractivity contribution in [1.29, 1.82) is 0 Å². The number of nitrogens with one attached hydrogen (secondary N) is 2. The van der Waals surface area contributed by atoms with Crippen molar-refractivity contribution in [3.8, 4) is 11.1 Å². The molecule has 2 N–H and O–H groups in total. The largest absolute Gasteiger partial charge is 0.378 e. The Morgan fingerprint density at radius 2 is 2.00 bits per heavy atom. The second kappa shape index (κ2) is 8.98. The van der Waals surface area contributed by atoms with Gasteiger partial charge in [0, 0.05) is 48.9 Å². The molecule has 1 amide bonds. The molecule has 7 nitrogen and oxygen atoms in total. The van der Waals surface area contributed by atoms with Gasteiger partial charge in [-0.3, -0.25) is 4.79 Å². The smallest absolute Gasteiger partial charge is 0.226 e. The summed E-state index contributed by atoms with van der Waals surface area (Å²) in [7, 11) is 0. The van der Waals surface area contributed by atoms with E-state index in [4.69, 9.17) is 9.47 Å². The van der Waals surface area contributed by atoms with Crippen LogP contribution in [0, 0.1) is 12.8 Å². The van der Waals surface area contributed by atoms with E-state index in [2.05, 4.69) is 45.3 Å². The molecule has 4 aliphatic heterocycles. The van der Waals surface area contributed by atoms with Gasteiger partial charge in [-0.1, -0.05) is 6.07 Å². The number of H-pyrrole nitrogens is 1. The Balaban J connectivity index is 1.23. The number of carbonyl (C=O) groups excluding carboxylic acids is 1. The second-order valence-electron chi connectivity index (χ2n) is 11.0. The molecule has 2 unspecified atom stereocenters. The van der Waals surface area contributed by atoms with Crippen LogP contribution in [0.15, 0.2) is 30.6 Å². The number of aromatic nitrogens is 2. The summed E-state index contributed by atoms with van der Waals surface area (Å²) in [6.45, 7) is 5.81. The number of benzene rings is 1. The monoisotopic (exact) mass is 486 g/mol. The van der Waals surface area contributed by atoms with E-state index in [0.717, 1.165) is 68.4 Å². The first kappa shape index (κ1) is 22.5. The number of ether oxygens (including phenoxy) is 2. The van der Waals surface area contributed by atoms with Crippen molar-refractivity contribution in [3.05, 3.63) is 52.8 Å². The molecule has 7 heteroatoms. The molecule has 36 heavy (non-hydrogen) atoms. The standard InChI is InChI=1S/C29H34N4O3/c1-17-13-31-28-24(17)12-21(14-32-28)19-8-18-4-6-33(29(34)20-9-22-2-3-23(10-20)36-22)15-26(18)25(11-19)27-16-35-7-5-30-27/h8,11-14,20,22-23,27,30H,2-7,9-10,15-16H2,1H3,(H,31,32)/t20?,22?,23?,27-/m0/s1. The Morgan fingerprint density at radius 3 is 2.81 bits per heavy atom. The van der Waals surface area contributed by atoms with Crippen LogP contribution in [0.3, 0.4) is 0 Å². The molecule has 7 rings (SSSR count). The Hall–Kier alpha value is -2.74. The number of aryl methyl sites for hydroxylation is 1. The highest BCUT2D eigenvalue weighted by molar-refractivity contribution is 5.85. The first-order valence-electron chi connectivity index (χ1n) is 13.5. The first-order chi connectivity index (χ1) is 17.6. The summed E-state index contributed by atoms with van der Waals surface area (Å²) >= 11 is 0. The number of hydrogen-bond acceptors (Lipinski definition) is 5. The molecule has 3 aromatic rings. The minimum Gasteiger partial charge on any atom is -0.378 e. The zero-order valence-electron chi connectivity index (χ0n) is 20.9. The predicted molar refractivity (Wildman–Crippen MR) is 138 cm³/mol. The number of rotatable bonds is 3. The molecule has 2 bridgehead atoms. The predicted octanol–water partition coefficient (Wildman–Crippen LogP) is 4.04. The average Bonchev–Trinajstić information content (AvgIpc) is 3.47. The van der Waals surface area contributed by atoms with Gasteiger partial charge in [0.1, 0.15) is 5.65 Å². The molecule has 3 fully saturated rings. The van der Waals surface area contributed by atoms with Gasteiger partial charge in [-0.2, -0.15) is 0 Å². The van der Waals surface area contributed by atoms with Crippen LogP contribution in [0.1, 0.15) is 54.0 Å². The number of pyridine rings is 1. The maximum Gasteiger partial charge on any atom is 0.226 e. The quantitative estimate of drug-likeness (QED) is 0.584. The van der Waals surface area contributed by atoms with Crippen LogP contribution in [0.2, 0.25) is 0 Å². The third-order valence-electron chi connectivity index (χ3n) is 8.70. The van der Waals surface area contributed by atoms with Gasteiger partial charge in [0.2, 0.25) is 5.91 Å². The highest BCUT2D eigenvalue weighted by Gasteiger charge is 2.40. The number of morpholine rings is 1. The highest BCUT2D eigenvalue weighted by Crippen LogP contribution is 2.39. The normalized spacial score (nSPS) is 27.9. The molecular weight excluding hydrogens is 452 g/mol. The lowest BCUT2D eigenvalue weighted by Crippen LogP contribution is -2.44. The van der Waals surface area contributed by atoms with E-state index in [1.54, 1.807) is 0 Å². The van der Waals surface area contributed by atoms with Crippen LogP contribution < -0.4 is 5.32 Å². The third kappa shape index (κ3) is 3.94. The molecule has 0 saturated carbocycles. The van der Waals surface area contributed by atoms with Crippen LogP contribution in [0.25, 0.3) is 22.2 Å². The molecule has 188 valence electrons. The molecule has 3 atom stereocenters. The summed E-state index contributed by atoms with van der Waals surface area (Å²) in [4.78, 5) is 23.6. The van der Waals surface area contributed by atoms with Gasteiger partial charge in [-0.15, -0.1) is 0 Å². The van der Waals surface area contributed by atoms with E-state index < -0.39 is 0 Å². The Bertz CT molecular complexity index is 1300. The summed E-state index contributed by atoms with van der Waals surface area (Å²) in [6.07, 6.45) is 9.42. The molecule has 0 spiro atoms. The molecule has 6 heterocycles. The van der Waals surface area contributed by atoms with Gasteiger partial charge in [0.05, 0.1) is 31.5 Å². The zero-order chi connectivity index (χ0) is 24.2. The lowest BCUT2D eigenvalue weighted by Gasteiger charge is -2.37. The van der Waals surface area contributed by atoms with Gasteiger partial charge in [-0.25, -0.2) is 4.98 Å². The summed E-state index contributed by atoms with van der Waals surface area (Å²) in [6, 6.07) is 7.00. The van der Waals surface area contributed by atoms with Crippen molar-refractivity contribution in [2.45, 2.75) is 63.8 Å². The van der Waals surface area contributed by atoms with Crippen molar-refractivity contribution in [2.24, 2.45) is 5.92 Å². The van der Waals surface area contributed by atoms with Gasteiger partial charge < -0.3 is 24.7 Å². The second-order valence-corrected chi connectivity index (χ2v) is 11.0. The summed E-state index contributed by atoms with van der Waals surface area (Å²) in [5.41, 5.74) is 8.34. The topological polar surface area (TPSA) is 79.5 Å². The van der Waals surface area contributed by atoms with Crippen molar-refractivity contribution < 1.29 is 14.3 Å². The molecular formula is C29H34N4O3. The van der Waals surface area contributed by atoms with E-state index in [-0.39, 0.29) is 24.2 Å². The fourth-order valence-electron chi connectivity index (χ4n) is 6.74. The van der Waals surface area contributed by atoms with Crippen LogP contribution in [-0.2, 0) is 27.2 Å². The molecule has 1 aromatic carbocycles. The van der Waals surface area contributed by atoms with Gasteiger partial charge in [0.25, 0.3) is 0 Å².